The molecule has 10 aromatic carbocycles. The molecule has 3 aromatic heterocycles. The molecule has 3 nitrogen and oxygen atoms in total. The summed E-state index contributed by atoms with van der Waals surface area (Å²) in [6, 6.07) is 83.1. The summed E-state index contributed by atoms with van der Waals surface area (Å²) in [6.45, 7) is 4.71. The highest BCUT2D eigenvalue weighted by Gasteiger charge is 2.35. The molecule has 0 saturated carbocycles. The molecule has 3 heterocycles. The predicted octanol–water partition coefficient (Wildman–Crippen LogP) is 17.0. The molecule has 0 radical (unpaired) electrons. The summed E-state index contributed by atoms with van der Waals surface area (Å²) in [5.41, 5.74) is 20.9. The Morgan fingerprint density at radius 2 is 0.758 bits per heavy atom. The maximum atomic E-state index is 2.45. The van der Waals surface area contributed by atoms with Crippen molar-refractivity contribution >= 4 is 77.0 Å². The number of benzene rings is 10. The highest BCUT2D eigenvalue weighted by atomic mass is 15.1. The van der Waals surface area contributed by atoms with Crippen molar-refractivity contribution in [3.05, 3.63) is 236 Å². The molecular weight excluding hydrogens is 799 g/mol. The Morgan fingerprint density at radius 1 is 0.333 bits per heavy atom. The largest absolute Gasteiger partial charge is 0.310 e. The Labute approximate surface area is 383 Å². The van der Waals surface area contributed by atoms with Gasteiger partial charge in [0.25, 0.3) is 0 Å². The zero-order valence-electron chi connectivity index (χ0n) is 36.7. The summed E-state index contributed by atoms with van der Waals surface area (Å²) < 4.78 is 4.83. The monoisotopic (exact) mass is 841 g/mol. The second kappa shape index (κ2) is 13.8. The van der Waals surface area contributed by atoms with E-state index in [-0.39, 0.29) is 5.41 Å². The van der Waals surface area contributed by atoms with Gasteiger partial charge in [-0.25, -0.2) is 0 Å². The fourth-order valence-corrected chi connectivity index (χ4v) is 11.5. The van der Waals surface area contributed by atoms with Gasteiger partial charge in [-0.2, -0.15) is 0 Å². The first-order valence-corrected chi connectivity index (χ1v) is 23.0. The minimum Gasteiger partial charge on any atom is -0.310 e. The average Bonchev–Trinajstić information content (AvgIpc) is 4.07. The summed E-state index contributed by atoms with van der Waals surface area (Å²) in [6.07, 6.45) is 0. The van der Waals surface area contributed by atoms with Crippen LogP contribution in [0.4, 0.5) is 17.1 Å². The lowest BCUT2D eigenvalue weighted by Crippen LogP contribution is -2.14. The standard InChI is InChI=1S/C63H43N3/c1-63(2)56-18-8-3-13-48(56)49-36-29-43(37-57(49)63)42-27-32-45(33-28-42)64(47-38-54-52-16-6-11-21-60(52)66-61-22-12-7-17-53(61)55(39-47)62(54)66)44-30-23-40(24-31-44)41-25-34-46(35-26-41)65-58-19-9-4-14-50(58)51-15-5-10-20-59(51)65/h3-39H,1-2H3. The van der Waals surface area contributed by atoms with Gasteiger partial charge >= 0.3 is 0 Å². The lowest BCUT2D eigenvalue weighted by molar-refractivity contribution is 0.660. The number of fused-ring (bicyclic) bond motifs is 12. The number of aromatic nitrogens is 2. The number of anilines is 3. The average molecular weight is 842 g/mol. The van der Waals surface area contributed by atoms with Crippen LogP contribution in [0.15, 0.2) is 224 Å². The number of hydrogen-bond donors (Lipinski definition) is 0. The molecule has 0 N–H and O–H groups in total. The summed E-state index contributed by atoms with van der Waals surface area (Å²) in [4.78, 5) is 2.43. The Morgan fingerprint density at radius 3 is 1.32 bits per heavy atom. The third-order valence-corrected chi connectivity index (χ3v) is 14.7. The third-order valence-electron chi connectivity index (χ3n) is 14.7. The molecule has 13 aromatic rings. The first-order chi connectivity index (χ1) is 32.5. The molecule has 0 unspecified atom stereocenters. The molecular formula is C63H43N3. The van der Waals surface area contributed by atoms with E-state index < -0.39 is 0 Å². The van der Waals surface area contributed by atoms with E-state index in [4.69, 9.17) is 0 Å². The summed E-state index contributed by atoms with van der Waals surface area (Å²) in [7, 11) is 0. The van der Waals surface area contributed by atoms with E-state index in [1.165, 1.54) is 104 Å². The van der Waals surface area contributed by atoms with Crippen LogP contribution in [0.2, 0.25) is 0 Å². The van der Waals surface area contributed by atoms with Crippen molar-refractivity contribution in [2.24, 2.45) is 0 Å². The van der Waals surface area contributed by atoms with Crippen LogP contribution in [-0.2, 0) is 5.41 Å². The van der Waals surface area contributed by atoms with Gasteiger partial charge in [0.1, 0.15) is 0 Å². The van der Waals surface area contributed by atoms with Crippen LogP contribution < -0.4 is 4.90 Å². The van der Waals surface area contributed by atoms with Crippen LogP contribution in [0.25, 0.3) is 99.0 Å². The highest BCUT2D eigenvalue weighted by molar-refractivity contribution is 6.24. The fourth-order valence-electron chi connectivity index (χ4n) is 11.5. The molecule has 0 atom stereocenters. The Hall–Kier alpha value is -8.40. The van der Waals surface area contributed by atoms with Gasteiger partial charge in [-0.15, -0.1) is 0 Å². The van der Waals surface area contributed by atoms with E-state index in [1.54, 1.807) is 0 Å². The van der Waals surface area contributed by atoms with Crippen LogP contribution >= 0.6 is 0 Å². The molecule has 0 aliphatic heterocycles. The highest BCUT2D eigenvalue weighted by Crippen LogP contribution is 2.50. The van der Waals surface area contributed by atoms with Crippen molar-refractivity contribution < 1.29 is 0 Å². The van der Waals surface area contributed by atoms with E-state index in [1.807, 2.05) is 0 Å². The van der Waals surface area contributed by atoms with Gasteiger partial charge in [-0.3, -0.25) is 0 Å². The van der Waals surface area contributed by atoms with Crippen molar-refractivity contribution in [1.82, 2.24) is 8.97 Å². The summed E-state index contributed by atoms with van der Waals surface area (Å²) in [5.74, 6) is 0. The predicted molar refractivity (Wildman–Crippen MR) is 279 cm³/mol. The van der Waals surface area contributed by atoms with Crippen molar-refractivity contribution in [2.45, 2.75) is 19.3 Å². The topological polar surface area (TPSA) is 12.6 Å². The van der Waals surface area contributed by atoms with Gasteiger partial charge in [-0.05, 0) is 123 Å². The normalized spacial score (nSPS) is 13.1. The molecule has 0 saturated heterocycles. The van der Waals surface area contributed by atoms with Crippen molar-refractivity contribution in [1.29, 1.82) is 0 Å². The Kier molecular flexibility index (Phi) is 7.74. The Bertz CT molecular complexity index is 3920. The second-order valence-electron chi connectivity index (χ2n) is 18.5. The zero-order valence-corrected chi connectivity index (χ0v) is 36.7. The molecule has 0 fully saturated rings. The Balaban J connectivity index is 0.884. The molecule has 1 aliphatic carbocycles. The van der Waals surface area contributed by atoms with Crippen LogP contribution in [0, 0.1) is 0 Å². The minimum atomic E-state index is -0.0545. The van der Waals surface area contributed by atoms with Gasteiger partial charge in [0.15, 0.2) is 0 Å². The van der Waals surface area contributed by atoms with E-state index in [9.17, 15) is 0 Å². The van der Waals surface area contributed by atoms with E-state index in [0.29, 0.717) is 0 Å². The first-order valence-electron chi connectivity index (χ1n) is 23.0. The lowest BCUT2D eigenvalue weighted by Gasteiger charge is -2.26. The molecule has 14 rings (SSSR count). The second-order valence-corrected chi connectivity index (χ2v) is 18.5. The number of rotatable bonds is 6. The summed E-state index contributed by atoms with van der Waals surface area (Å²) >= 11 is 0. The third kappa shape index (κ3) is 5.26. The van der Waals surface area contributed by atoms with Crippen molar-refractivity contribution in [2.75, 3.05) is 4.90 Å². The molecule has 0 spiro atoms. The van der Waals surface area contributed by atoms with Crippen molar-refractivity contribution in [3.63, 3.8) is 0 Å². The molecule has 1 aliphatic rings. The fraction of sp³-hybridized carbons (Fsp3) is 0.0476. The van der Waals surface area contributed by atoms with Gasteiger partial charge in [0, 0.05) is 60.5 Å². The van der Waals surface area contributed by atoms with E-state index in [0.717, 1.165) is 22.7 Å². The quantitative estimate of drug-likeness (QED) is 0.162. The molecule has 3 heteroatoms. The molecule has 0 amide bonds. The maximum Gasteiger partial charge on any atom is 0.0622 e. The van der Waals surface area contributed by atoms with Crippen LogP contribution in [-0.4, -0.2) is 8.97 Å². The molecule has 66 heavy (non-hydrogen) atoms. The minimum absolute atomic E-state index is 0.0545. The van der Waals surface area contributed by atoms with Gasteiger partial charge in [0.2, 0.25) is 0 Å². The van der Waals surface area contributed by atoms with Crippen LogP contribution in [0.3, 0.4) is 0 Å². The smallest absolute Gasteiger partial charge is 0.0622 e. The number of para-hydroxylation sites is 4. The van der Waals surface area contributed by atoms with Crippen LogP contribution in [0.5, 0.6) is 0 Å². The maximum absolute atomic E-state index is 2.45. The number of nitrogens with zero attached hydrogens (tertiary/aromatic N) is 3. The molecule has 0 bridgehead atoms. The summed E-state index contributed by atoms with van der Waals surface area (Å²) in [5, 5.41) is 7.60. The van der Waals surface area contributed by atoms with Gasteiger partial charge in [-0.1, -0.05) is 159 Å². The zero-order chi connectivity index (χ0) is 43.7. The van der Waals surface area contributed by atoms with Gasteiger partial charge < -0.3 is 13.9 Å². The SMILES string of the molecule is CC1(C)c2ccccc2-c2ccc(-c3ccc(N(c4ccc(-c5ccc(-n6c7ccccc7c7ccccc76)cc5)cc4)c4cc5c6ccccc6n6c7ccccc7c(c4)c56)cc3)cc21. The first kappa shape index (κ1) is 37.0. The van der Waals surface area contributed by atoms with E-state index in [2.05, 4.69) is 252 Å². The van der Waals surface area contributed by atoms with E-state index >= 15 is 0 Å². The molecule has 310 valence electrons. The van der Waals surface area contributed by atoms with Crippen LogP contribution in [0.1, 0.15) is 25.0 Å². The lowest BCUT2D eigenvalue weighted by atomic mass is 9.81. The van der Waals surface area contributed by atoms with Gasteiger partial charge in [0.05, 0.1) is 27.6 Å². The number of hydrogen-bond acceptors (Lipinski definition) is 1. The van der Waals surface area contributed by atoms with Crippen molar-refractivity contribution in [3.8, 4) is 39.1 Å².